The molecular weight excluding hydrogens is 437 g/mol. The molecule has 0 radical (unpaired) electrons. The summed E-state index contributed by atoms with van der Waals surface area (Å²) in [4.78, 5) is 20.5. The number of anilines is 1. The van der Waals surface area contributed by atoms with Crippen LogP contribution in [-0.2, 0) is 0 Å². The predicted molar refractivity (Wildman–Crippen MR) is 112 cm³/mol. The molecule has 0 amide bonds. The Balaban J connectivity index is 1.68. The number of hydrogen-bond donors (Lipinski definition) is 2. The van der Waals surface area contributed by atoms with E-state index in [4.69, 9.17) is 4.98 Å². The molecule has 0 saturated heterocycles. The smallest absolute Gasteiger partial charge is 0.182 e. The minimum absolute atomic E-state index is 0.237. The van der Waals surface area contributed by atoms with Crippen LogP contribution in [0.4, 0.5) is 10.2 Å². The molecule has 1 atom stereocenters. The number of nitrogens with zero attached hydrogens (tertiary/aromatic N) is 5. The molecule has 2 aromatic carbocycles. The van der Waals surface area contributed by atoms with Gasteiger partial charge in [-0.05, 0) is 47.1 Å². The Kier molecular flexibility index (Phi) is 4.24. The quantitative estimate of drug-likeness (QED) is 0.411. The van der Waals surface area contributed by atoms with Crippen LogP contribution in [0, 0.1) is 5.82 Å². The molecule has 3 heterocycles. The number of aromatic nitrogens is 6. The fraction of sp³-hybridized carbons (Fsp3) is 0.100. The lowest BCUT2D eigenvalue weighted by atomic mass is 10.2. The lowest BCUT2D eigenvalue weighted by Crippen LogP contribution is -2.14. The van der Waals surface area contributed by atoms with Gasteiger partial charge in [0.1, 0.15) is 23.5 Å². The summed E-state index contributed by atoms with van der Waals surface area (Å²) in [5.74, 6) is 1.01. The van der Waals surface area contributed by atoms with Gasteiger partial charge in [-0.3, -0.25) is 4.57 Å². The molecular formula is C20H15BrFN7. The second-order valence-corrected chi connectivity index (χ2v) is 7.35. The summed E-state index contributed by atoms with van der Waals surface area (Å²) >= 11 is 3.40. The molecule has 144 valence electrons. The first-order chi connectivity index (χ1) is 14.1. The lowest BCUT2D eigenvalue weighted by molar-refractivity contribution is 0.622. The Morgan fingerprint density at radius 2 is 1.93 bits per heavy atom. The van der Waals surface area contributed by atoms with Crippen LogP contribution in [0.1, 0.15) is 18.8 Å². The Morgan fingerprint density at radius 1 is 1.10 bits per heavy atom. The second kappa shape index (κ2) is 6.93. The number of fused-ring (bicyclic) bond motifs is 2. The van der Waals surface area contributed by atoms with Crippen molar-refractivity contribution in [3.05, 3.63) is 71.2 Å². The van der Waals surface area contributed by atoms with Gasteiger partial charge < -0.3 is 10.3 Å². The number of hydrogen-bond acceptors (Lipinski definition) is 5. The molecule has 5 rings (SSSR count). The van der Waals surface area contributed by atoms with E-state index >= 15 is 0 Å². The van der Waals surface area contributed by atoms with Crippen molar-refractivity contribution in [2.45, 2.75) is 13.0 Å². The maximum absolute atomic E-state index is 14.3. The molecule has 0 saturated carbocycles. The fourth-order valence-corrected chi connectivity index (χ4v) is 3.91. The van der Waals surface area contributed by atoms with Crippen LogP contribution in [-0.4, -0.2) is 29.5 Å². The minimum atomic E-state index is -0.336. The van der Waals surface area contributed by atoms with Gasteiger partial charge in [-0.25, -0.2) is 24.3 Å². The van der Waals surface area contributed by atoms with Crippen molar-refractivity contribution in [1.29, 1.82) is 0 Å². The van der Waals surface area contributed by atoms with Gasteiger partial charge in [0.05, 0.1) is 27.9 Å². The van der Waals surface area contributed by atoms with Gasteiger partial charge in [0.2, 0.25) is 0 Å². The van der Waals surface area contributed by atoms with Gasteiger partial charge in [-0.1, -0.05) is 18.2 Å². The number of rotatable bonds is 4. The van der Waals surface area contributed by atoms with E-state index < -0.39 is 0 Å². The average Bonchev–Trinajstić information content (AvgIpc) is 3.37. The largest absolute Gasteiger partial charge is 0.358 e. The van der Waals surface area contributed by atoms with Crippen LogP contribution in [0.2, 0.25) is 0 Å². The molecule has 9 heteroatoms. The van der Waals surface area contributed by atoms with E-state index in [1.807, 2.05) is 41.8 Å². The number of imidazole rings is 2. The van der Waals surface area contributed by atoms with Crippen LogP contribution in [0.5, 0.6) is 0 Å². The highest BCUT2D eigenvalue weighted by atomic mass is 79.9. The number of para-hydroxylation sites is 1. The molecule has 0 bridgehead atoms. The molecule has 0 fully saturated rings. The first-order valence-electron chi connectivity index (χ1n) is 8.96. The van der Waals surface area contributed by atoms with Crippen molar-refractivity contribution in [2.75, 3.05) is 5.32 Å². The van der Waals surface area contributed by atoms with Gasteiger partial charge in [-0.2, -0.15) is 0 Å². The van der Waals surface area contributed by atoms with Gasteiger partial charge >= 0.3 is 0 Å². The molecule has 0 aliphatic rings. The topological polar surface area (TPSA) is 84.3 Å². The molecule has 0 aliphatic heterocycles. The molecule has 0 aliphatic carbocycles. The van der Waals surface area contributed by atoms with Crippen molar-refractivity contribution in [3.8, 4) is 5.69 Å². The number of H-pyrrole nitrogens is 1. The molecule has 1 unspecified atom stereocenters. The normalized spacial score (nSPS) is 12.5. The summed E-state index contributed by atoms with van der Waals surface area (Å²) < 4.78 is 16.6. The number of aromatic amines is 1. The van der Waals surface area contributed by atoms with E-state index in [2.05, 4.69) is 41.2 Å². The van der Waals surface area contributed by atoms with E-state index in [0.717, 1.165) is 11.5 Å². The summed E-state index contributed by atoms with van der Waals surface area (Å²) in [6.45, 7) is 1.98. The third-order valence-corrected chi connectivity index (χ3v) is 5.47. The summed E-state index contributed by atoms with van der Waals surface area (Å²) in [7, 11) is 0. The van der Waals surface area contributed by atoms with Crippen LogP contribution in [0.25, 0.3) is 27.9 Å². The monoisotopic (exact) mass is 451 g/mol. The van der Waals surface area contributed by atoms with E-state index in [0.29, 0.717) is 32.5 Å². The molecule has 5 aromatic rings. The lowest BCUT2D eigenvalue weighted by Gasteiger charge is -2.17. The summed E-state index contributed by atoms with van der Waals surface area (Å²) in [6.07, 6.45) is 3.04. The van der Waals surface area contributed by atoms with Crippen molar-refractivity contribution in [3.63, 3.8) is 0 Å². The van der Waals surface area contributed by atoms with Gasteiger partial charge in [0, 0.05) is 5.69 Å². The second-order valence-electron chi connectivity index (χ2n) is 6.56. The maximum Gasteiger partial charge on any atom is 0.182 e. The Hall–Kier alpha value is -3.33. The van der Waals surface area contributed by atoms with E-state index in [-0.39, 0.29) is 11.9 Å². The number of halogens is 2. The first kappa shape index (κ1) is 17.7. The average molecular weight is 452 g/mol. The number of nitrogens with one attached hydrogen (secondary N) is 2. The SMILES string of the molecule is CC(Nc1ncnc2nc[nH]c12)c1nc2ccc(F)c(Br)c2n1-c1ccccc1. The fourth-order valence-electron chi connectivity index (χ4n) is 3.39. The zero-order chi connectivity index (χ0) is 20.0. The summed E-state index contributed by atoms with van der Waals surface area (Å²) in [5.41, 5.74) is 3.55. The third kappa shape index (κ3) is 2.94. The van der Waals surface area contributed by atoms with Crippen LogP contribution in [0.15, 0.2) is 59.6 Å². The predicted octanol–water partition coefficient (Wildman–Crippen LogP) is 4.77. The van der Waals surface area contributed by atoms with Crippen molar-refractivity contribution in [1.82, 2.24) is 29.5 Å². The molecule has 7 nitrogen and oxygen atoms in total. The van der Waals surface area contributed by atoms with Crippen LogP contribution >= 0.6 is 15.9 Å². The highest BCUT2D eigenvalue weighted by Gasteiger charge is 2.22. The van der Waals surface area contributed by atoms with Crippen molar-refractivity contribution in [2.24, 2.45) is 0 Å². The zero-order valence-electron chi connectivity index (χ0n) is 15.3. The Morgan fingerprint density at radius 3 is 2.76 bits per heavy atom. The number of benzene rings is 2. The molecule has 2 N–H and O–H groups in total. The van der Waals surface area contributed by atoms with E-state index in [9.17, 15) is 4.39 Å². The van der Waals surface area contributed by atoms with Gasteiger partial charge in [0.15, 0.2) is 11.5 Å². The Labute approximate surface area is 173 Å². The standard InChI is InChI=1S/C20H15BrFN7/c1-11(27-19-16-18(24-9-23-16)25-10-26-19)20-28-14-8-7-13(22)15(21)17(14)29(20)12-5-3-2-4-6-12/h2-11H,1H3,(H2,23,24,25,26,27). The first-order valence-corrected chi connectivity index (χ1v) is 9.75. The highest BCUT2D eigenvalue weighted by molar-refractivity contribution is 9.10. The third-order valence-electron chi connectivity index (χ3n) is 4.71. The van der Waals surface area contributed by atoms with Crippen LogP contribution in [0.3, 0.4) is 0 Å². The summed E-state index contributed by atoms with van der Waals surface area (Å²) in [5, 5.41) is 3.38. The molecule has 29 heavy (non-hydrogen) atoms. The van der Waals surface area contributed by atoms with Crippen LogP contribution < -0.4 is 5.32 Å². The minimum Gasteiger partial charge on any atom is -0.358 e. The zero-order valence-corrected chi connectivity index (χ0v) is 16.9. The van der Waals surface area contributed by atoms with Gasteiger partial charge in [0.25, 0.3) is 0 Å². The van der Waals surface area contributed by atoms with Gasteiger partial charge in [-0.15, -0.1) is 0 Å². The van der Waals surface area contributed by atoms with E-state index in [1.54, 1.807) is 12.4 Å². The Bertz CT molecular complexity index is 1330. The summed E-state index contributed by atoms with van der Waals surface area (Å²) in [6, 6.07) is 12.6. The van der Waals surface area contributed by atoms with Crippen molar-refractivity contribution < 1.29 is 4.39 Å². The van der Waals surface area contributed by atoms with E-state index in [1.165, 1.54) is 12.4 Å². The maximum atomic E-state index is 14.3. The molecule has 3 aromatic heterocycles. The van der Waals surface area contributed by atoms with Crippen molar-refractivity contribution >= 4 is 43.9 Å². The molecule has 0 spiro atoms. The highest BCUT2D eigenvalue weighted by Crippen LogP contribution is 2.33.